The van der Waals surface area contributed by atoms with Crippen molar-refractivity contribution in [3.8, 4) is 11.8 Å². The minimum absolute atomic E-state index is 0.261. The summed E-state index contributed by atoms with van der Waals surface area (Å²) < 4.78 is 0. The van der Waals surface area contributed by atoms with E-state index in [-0.39, 0.29) is 5.92 Å². The molecule has 1 N–H and O–H groups in total. The molecule has 1 atom stereocenters. The highest BCUT2D eigenvalue weighted by molar-refractivity contribution is 5.33. The van der Waals surface area contributed by atoms with Crippen LogP contribution in [0, 0.1) is 17.8 Å². The maximum absolute atomic E-state index is 11.3. The van der Waals surface area contributed by atoms with E-state index in [0.717, 1.165) is 31.5 Å². The lowest BCUT2D eigenvalue weighted by atomic mass is 9.80. The van der Waals surface area contributed by atoms with Gasteiger partial charge in [0.2, 0.25) is 0 Å². The molecule has 1 aromatic carbocycles. The van der Waals surface area contributed by atoms with Crippen LogP contribution in [0.4, 0.5) is 0 Å². The van der Waals surface area contributed by atoms with Crippen LogP contribution in [-0.2, 0) is 5.60 Å². The van der Waals surface area contributed by atoms with Gasteiger partial charge in [-0.15, -0.1) is 0 Å². The Balaban J connectivity index is 2.23. The van der Waals surface area contributed by atoms with E-state index >= 15 is 0 Å². The Morgan fingerprint density at radius 2 is 1.86 bits per heavy atom. The van der Waals surface area contributed by atoms with Crippen LogP contribution in [0.2, 0.25) is 0 Å². The summed E-state index contributed by atoms with van der Waals surface area (Å²) >= 11 is 0. The summed E-state index contributed by atoms with van der Waals surface area (Å²) in [5.74, 6) is 6.76. The van der Waals surface area contributed by atoms with Crippen molar-refractivity contribution in [2.24, 2.45) is 5.92 Å². The number of rotatable bonds is 5. The molecule has 0 unspecified atom stereocenters. The van der Waals surface area contributed by atoms with Gasteiger partial charge in [-0.1, -0.05) is 61.9 Å². The van der Waals surface area contributed by atoms with Crippen molar-refractivity contribution in [1.29, 1.82) is 0 Å². The van der Waals surface area contributed by atoms with E-state index in [1.54, 1.807) is 0 Å². The second-order valence-electron chi connectivity index (χ2n) is 6.57. The van der Waals surface area contributed by atoms with Crippen LogP contribution >= 0.6 is 0 Å². The Kier molecular flexibility index (Phi) is 6.06. The third-order valence-corrected chi connectivity index (χ3v) is 4.86. The highest BCUT2D eigenvalue weighted by Gasteiger charge is 2.38. The zero-order valence-corrected chi connectivity index (χ0v) is 14.2. The average Bonchev–Trinajstić information content (AvgIpc) is 3.07. The Labute approximate surface area is 135 Å². The van der Waals surface area contributed by atoms with Gasteiger partial charge in [0.05, 0.1) is 6.54 Å². The van der Waals surface area contributed by atoms with E-state index < -0.39 is 5.60 Å². The molecule has 0 radical (unpaired) electrons. The van der Waals surface area contributed by atoms with Gasteiger partial charge in [0.1, 0.15) is 0 Å². The lowest BCUT2D eigenvalue weighted by Crippen LogP contribution is -2.34. The maximum Gasteiger partial charge on any atom is 0.153 e. The second kappa shape index (κ2) is 7.81. The van der Waals surface area contributed by atoms with E-state index in [2.05, 4.69) is 37.5 Å². The minimum atomic E-state index is -0.992. The molecule has 0 spiro atoms. The largest absolute Gasteiger partial charge is 0.373 e. The third-order valence-electron chi connectivity index (χ3n) is 4.86. The summed E-state index contributed by atoms with van der Waals surface area (Å²) in [5.41, 5.74) is -0.0456. The van der Waals surface area contributed by atoms with Gasteiger partial charge in [-0.05, 0) is 38.8 Å². The molecule has 0 bridgehead atoms. The van der Waals surface area contributed by atoms with Crippen molar-refractivity contribution >= 4 is 0 Å². The van der Waals surface area contributed by atoms with Crippen molar-refractivity contribution in [3.05, 3.63) is 35.9 Å². The van der Waals surface area contributed by atoms with Crippen molar-refractivity contribution < 1.29 is 5.11 Å². The molecule has 2 nitrogen and oxygen atoms in total. The fourth-order valence-corrected chi connectivity index (χ4v) is 3.38. The zero-order valence-electron chi connectivity index (χ0n) is 14.2. The summed E-state index contributed by atoms with van der Waals surface area (Å²) in [4.78, 5) is 2.31. The quantitative estimate of drug-likeness (QED) is 0.836. The molecular weight excluding hydrogens is 270 g/mol. The molecule has 1 aromatic rings. The second-order valence-corrected chi connectivity index (χ2v) is 6.57. The molecule has 2 rings (SSSR count). The highest BCUT2D eigenvalue weighted by atomic mass is 16.3. The SMILES string of the molecule is CCN(CC#C[C@](O)(c1ccccc1)C1CCCC1)C(C)C. The first-order valence-corrected chi connectivity index (χ1v) is 8.60. The fraction of sp³-hybridized carbons (Fsp3) is 0.600. The standard InChI is InChI=1S/C20H29NO/c1-4-21(17(2)3)16-10-15-20(22,19-13-8-9-14-19)18-11-6-5-7-12-18/h5-7,11-12,17,19,22H,4,8-9,13-14,16H2,1-3H3/t20-/m0/s1. The Morgan fingerprint density at radius 3 is 2.41 bits per heavy atom. The predicted molar refractivity (Wildman–Crippen MR) is 92.5 cm³/mol. The van der Waals surface area contributed by atoms with Gasteiger partial charge in [0.25, 0.3) is 0 Å². The molecule has 1 aliphatic carbocycles. The van der Waals surface area contributed by atoms with Gasteiger partial charge in [0.15, 0.2) is 5.60 Å². The molecular formula is C20H29NO. The molecule has 0 saturated heterocycles. The molecule has 22 heavy (non-hydrogen) atoms. The number of nitrogens with zero attached hydrogens (tertiary/aromatic N) is 1. The summed E-state index contributed by atoms with van der Waals surface area (Å²) in [5, 5.41) is 11.3. The monoisotopic (exact) mass is 299 g/mol. The van der Waals surface area contributed by atoms with Crippen molar-refractivity contribution in [2.75, 3.05) is 13.1 Å². The smallest absolute Gasteiger partial charge is 0.153 e. The molecule has 1 saturated carbocycles. The van der Waals surface area contributed by atoms with Gasteiger partial charge in [-0.2, -0.15) is 0 Å². The van der Waals surface area contributed by atoms with Crippen LogP contribution in [0.25, 0.3) is 0 Å². The zero-order chi connectivity index (χ0) is 16.0. The van der Waals surface area contributed by atoms with E-state index in [4.69, 9.17) is 0 Å². The molecule has 2 heteroatoms. The summed E-state index contributed by atoms with van der Waals surface area (Å²) in [6.45, 7) is 8.23. The molecule has 0 aliphatic heterocycles. The van der Waals surface area contributed by atoms with Crippen molar-refractivity contribution in [2.45, 2.75) is 58.1 Å². The fourth-order valence-electron chi connectivity index (χ4n) is 3.38. The number of benzene rings is 1. The normalized spacial score (nSPS) is 18.3. The van der Waals surface area contributed by atoms with Gasteiger partial charge < -0.3 is 5.11 Å². The topological polar surface area (TPSA) is 23.5 Å². The molecule has 1 aliphatic rings. The summed E-state index contributed by atoms with van der Waals surface area (Å²) in [6, 6.07) is 10.5. The van der Waals surface area contributed by atoms with Crippen LogP contribution in [0.15, 0.2) is 30.3 Å². The molecule has 0 amide bonds. The molecule has 120 valence electrons. The first-order valence-electron chi connectivity index (χ1n) is 8.60. The number of hydrogen-bond acceptors (Lipinski definition) is 2. The van der Waals surface area contributed by atoms with Crippen LogP contribution in [0.5, 0.6) is 0 Å². The maximum atomic E-state index is 11.3. The van der Waals surface area contributed by atoms with Gasteiger partial charge in [0, 0.05) is 12.0 Å². The third kappa shape index (κ3) is 3.91. The van der Waals surface area contributed by atoms with Gasteiger partial charge in [-0.25, -0.2) is 0 Å². The van der Waals surface area contributed by atoms with Crippen LogP contribution in [-0.4, -0.2) is 29.1 Å². The summed E-state index contributed by atoms with van der Waals surface area (Å²) in [6.07, 6.45) is 4.55. The number of aliphatic hydroxyl groups is 1. The highest BCUT2D eigenvalue weighted by Crippen LogP contribution is 2.40. The summed E-state index contributed by atoms with van der Waals surface area (Å²) in [7, 11) is 0. The lowest BCUT2D eigenvalue weighted by molar-refractivity contribution is 0.0367. The molecule has 0 heterocycles. The van der Waals surface area contributed by atoms with Crippen LogP contribution in [0.1, 0.15) is 52.0 Å². The average molecular weight is 299 g/mol. The van der Waals surface area contributed by atoms with E-state index in [0.29, 0.717) is 6.04 Å². The Bertz CT molecular complexity index is 508. The molecule has 1 fully saturated rings. The molecule has 0 aromatic heterocycles. The lowest BCUT2D eigenvalue weighted by Gasteiger charge is -2.30. The first-order chi connectivity index (χ1) is 10.6. The van der Waals surface area contributed by atoms with Crippen LogP contribution < -0.4 is 0 Å². The van der Waals surface area contributed by atoms with Gasteiger partial charge >= 0.3 is 0 Å². The van der Waals surface area contributed by atoms with Crippen molar-refractivity contribution in [3.63, 3.8) is 0 Å². The van der Waals surface area contributed by atoms with Gasteiger partial charge in [-0.3, -0.25) is 4.90 Å². The first kappa shape index (κ1) is 17.1. The van der Waals surface area contributed by atoms with E-state index in [1.165, 1.54) is 12.8 Å². The minimum Gasteiger partial charge on any atom is -0.373 e. The van der Waals surface area contributed by atoms with Crippen LogP contribution in [0.3, 0.4) is 0 Å². The number of hydrogen-bond donors (Lipinski definition) is 1. The Morgan fingerprint density at radius 1 is 1.23 bits per heavy atom. The Hall–Kier alpha value is -1.30. The van der Waals surface area contributed by atoms with E-state index in [1.807, 2.05) is 30.3 Å². The predicted octanol–water partition coefficient (Wildman–Crippen LogP) is 3.80. The van der Waals surface area contributed by atoms with Crippen molar-refractivity contribution in [1.82, 2.24) is 4.90 Å². The van der Waals surface area contributed by atoms with E-state index in [9.17, 15) is 5.11 Å².